The normalized spacial score (nSPS) is 12.7. The van der Waals surface area contributed by atoms with Crippen molar-refractivity contribution in [3.63, 3.8) is 0 Å². The van der Waals surface area contributed by atoms with Gasteiger partial charge in [-0.15, -0.1) is 0 Å². The highest BCUT2D eigenvalue weighted by Gasteiger charge is 2.20. The summed E-state index contributed by atoms with van der Waals surface area (Å²) in [6.07, 6.45) is 4.57. The molecule has 0 amide bonds. The summed E-state index contributed by atoms with van der Waals surface area (Å²) < 4.78 is 0. The summed E-state index contributed by atoms with van der Waals surface area (Å²) in [5.41, 5.74) is 4.71. The number of quaternary nitrogens is 1. The molecule has 0 saturated carbocycles. The van der Waals surface area contributed by atoms with E-state index in [-0.39, 0.29) is 10.8 Å². The predicted molar refractivity (Wildman–Crippen MR) is 99.9 cm³/mol. The second-order valence-electron chi connectivity index (χ2n) is 8.84. The monoisotopic (exact) mass is 320 g/mol. The number of hydrogen-bond donors (Lipinski definition) is 2. The van der Waals surface area contributed by atoms with E-state index >= 15 is 0 Å². The molecule has 2 nitrogen and oxygen atoms in total. The highest BCUT2D eigenvalue weighted by Crippen LogP contribution is 2.30. The quantitative estimate of drug-likeness (QED) is 0.700. The smallest absolute Gasteiger partial charge is 0.101 e. The average Bonchev–Trinajstić information content (AvgIpc) is 2.44. The minimum atomic E-state index is 0.195. The fourth-order valence-corrected chi connectivity index (χ4v) is 2.70. The summed E-state index contributed by atoms with van der Waals surface area (Å²) in [7, 11) is 0. The second kappa shape index (κ2) is 8.84. The summed E-state index contributed by atoms with van der Waals surface area (Å²) in [6.45, 7) is 16.3. The zero-order valence-electron chi connectivity index (χ0n) is 16.2. The van der Waals surface area contributed by atoms with Gasteiger partial charge in [0.25, 0.3) is 0 Å². The van der Waals surface area contributed by atoms with Gasteiger partial charge in [-0.2, -0.15) is 0 Å². The van der Waals surface area contributed by atoms with Crippen LogP contribution in [0.4, 0.5) is 0 Å². The number of unbranched alkanes of at least 4 members (excludes halogenated alkanes) is 3. The van der Waals surface area contributed by atoms with Gasteiger partial charge < -0.3 is 10.4 Å². The van der Waals surface area contributed by atoms with Crippen LogP contribution in [0, 0.1) is 0 Å². The maximum absolute atomic E-state index is 8.79. The topological polar surface area (TPSA) is 36.8 Å². The Morgan fingerprint density at radius 3 is 1.78 bits per heavy atom. The number of aliphatic hydroxyl groups is 1. The van der Waals surface area contributed by atoms with Crippen molar-refractivity contribution in [2.75, 3.05) is 13.2 Å². The Bertz CT molecular complexity index is 433. The lowest BCUT2D eigenvalue weighted by molar-refractivity contribution is -0.671. The molecule has 1 aromatic carbocycles. The molecule has 0 aliphatic rings. The van der Waals surface area contributed by atoms with Crippen LogP contribution in [0.15, 0.2) is 18.2 Å². The molecule has 0 radical (unpaired) electrons. The first-order valence-electron chi connectivity index (χ1n) is 9.22. The van der Waals surface area contributed by atoms with Gasteiger partial charge in [0.2, 0.25) is 0 Å². The van der Waals surface area contributed by atoms with E-state index < -0.39 is 0 Å². The molecule has 0 spiro atoms. The van der Waals surface area contributed by atoms with Crippen molar-refractivity contribution in [3.8, 4) is 0 Å². The molecule has 0 heterocycles. The van der Waals surface area contributed by atoms with Crippen LogP contribution in [0.2, 0.25) is 0 Å². The zero-order chi connectivity index (χ0) is 17.5. The zero-order valence-corrected chi connectivity index (χ0v) is 16.2. The van der Waals surface area contributed by atoms with Gasteiger partial charge in [0.1, 0.15) is 6.54 Å². The molecule has 3 N–H and O–H groups in total. The number of aliphatic hydroxyl groups excluding tert-OH is 1. The number of nitrogens with two attached hydrogens (primary N) is 1. The van der Waals surface area contributed by atoms with Crippen LogP contribution in [0.3, 0.4) is 0 Å². The van der Waals surface area contributed by atoms with E-state index in [9.17, 15) is 0 Å². The molecule has 0 aliphatic carbocycles. The average molecular weight is 321 g/mol. The fraction of sp³-hybridized carbons (Fsp3) is 0.714. The summed E-state index contributed by atoms with van der Waals surface area (Å²) in [6, 6.07) is 7.16. The summed E-state index contributed by atoms with van der Waals surface area (Å²) in [5.74, 6) is 0. The molecule has 0 aromatic heterocycles. The first-order chi connectivity index (χ1) is 10.6. The number of benzene rings is 1. The van der Waals surface area contributed by atoms with E-state index in [2.05, 4.69) is 65.1 Å². The van der Waals surface area contributed by atoms with E-state index in [0.717, 1.165) is 19.4 Å². The van der Waals surface area contributed by atoms with E-state index in [1.807, 2.05) is 0 Å². The van der Waals surface area contributed by atoms with Gasteiger partial charge in [0, 0.05) is 12.2 Å². The maximum Gasteiger partial charge on any atom is 0.101 e. The summed E-state index contributed by atoms with van der Waals surface area (Å²) >= 11 is 0. The van der Waals surface area contributed by atoms with Crippen LogP contribution < -0.4 is 5.32 Å². The fourth-order valence-electron chi connectivity index (χ4n) is 2.70. The van der Waals surface area contributed by atoms with Crippen LogP contribution in [-0.4, -0.2) is 18.3 Å². The third kappa shape index (κ3) is 7.50. The molecule has 1 rings (SSSR count). The van der Waals surface area contributed by atoms with Gasteiger partial charge in [0.15, 0.2) is 0 Å². The van der Waals surface area contributed by atoms with Crippen molar-refractivity contribution in [1.29, 1.82) is 0 Å². The van der Waals surface area contributed by atoms with E-state index in [0.29, 0.717) is 6.61 Å². The highest BCUT2D eigenvalue weighted by molar-refractivity contribution is 5.37. The first-order valence-corrected chi connectivity index (χ1v) is 9.22. The first kappa shape index (κ1) is 20.2. The van der Waals surface area contributed by atoms with Crippen LogP contribution in [0.25, 0.3) is 0 Å². The molecule has 0 aliphatic heterocycles. The van der Waals surface area contributed by atoms with Crippen molar-refractivity contribution in [2.45, 2.75) is 84.6 Å². The Labute approximate surface area is 143 Å². The Hall–Kier alpha value is -0.860. The lowest BCUT2D eigenvalue weighted by atomic mass is 9.79. The third-order valence-electron chi connectivity index (χ3n) is 4.42. The van der Waals surface area contributed by atoms with Crippen molar-refractivity contribution >= 4 is 0 Å². The van der Waals surface area contributed by atoms with E-state index in [1.165, 1.54) is 36.1 Å². The van der Waals surface area contributed by atoms with Gasteiger partial charge >= 0.3 is 0 Å². The molecule has 0 saturated heterocycles. The third-order valence-corrected chi connectivity index (χ3v) is 4.42. The van der Waals surface area contributed by atoms with Crippen molar-refractivity contribution in [2.24, 2.45) is 0 Å². The molecule has 0 atom stereocenters. The van der Waals surface area contributed by atoms with Gasteiger partial charge in [-0.05, 0) is 53.4 Å². The minimum Gasteiger partial charge on any atom is -0.396 e. The Morgan fingerprint density at radius 1 is 0.783 bits per heavy atom. The lowest BCUT2D eigenvalue weighted by Gasteiger charge is -2.26. The van der Waals surface area contributed by atoms with Crippen LogP contribution in [0.5, 0.6) is 0 Å². The lowest BCUT2D eigenvalue weighted by Crippen LogP contribution is -2.82. The predicted octanol–water partition coefficient (Wildman–Crippen LogP) is 3.90. The number of rotatable bonds is 8. The Balaban J connectivity index is 2.67. The Kier molecular flexibility index (Phi) is 7.76. The van der Waals surface area contributed by atoms with E-state index in [4.69, 9.17) is 5.11 Å². The molecule has 2 heteroatoms. The molecule has 0 unspecified atom stereocenters. The second-order valence-corrected chi connectivity index (χ2v) is 8.84. The van der Waals surface area contributed by atoms with Gasteiger partial charge in [-0.25, -0.2) is 0 Å². The maximum atomic E-state index is 8.79. The largest absolute Gasteiger partial charge is 0.396 e. The summed E-state index contributed by atoms with van der Waals surface area (Å²) in [4.78, 5) is 0. The van der Waals surface area contributed by atoms with Crippen molar-refractivity contribution in [1.82, 2.24) is 0 Å². The van der Waals surface area contributed by atoms with Crippen LogP contribution >= 0.6 is 0 Å². The van der Waals surface area contributed by atoms with Gasteiger partial charge in [-0.1, -0.05) is 54.0 Å². The molecule has 1 aromatic rings. The highest BCUT2D eigenvalue weighted by atomic mass is 16.2. The molecular formula is C21H38NO+. The molecule has 23 heavy (non-hydrogen) atoms. The molecule has 0 fully saturated rings. The SMILES string of the molecule is CC(C)(C)c1cc(C[NH2+]CCCCCCO)cc(C(C)(C)C)c1. The van der Waals surface area contributed by atoms with E-state index in [1.54, 1.807) is 0 Å². The standard InChI is InChI=1S/C21H37NO/c1-20(2,3)18-13-17(14-19(15-18)21(4,5)6)16-22-11-9-7-8-10-12-23/h13-15,22-23H,7-12,16H2,1-6H3/p+1. The molecular weight excluding hydrogens is 282 g/mol. The number of hydrogen-bond acceptors (Lipinski definition) is 1. The Morgan fingerprint density at radius 2 is 1.30 bits per heavy atom. The minimum absolute atomic E-state index is 0.195. The van der Waals surface area contributed by atoms with Crippen molar-refractivity contribution < 1.29 is 10.4 Å². The van der Waals surface area contributed by atoms with Crippen LogP contribution in [-0.2, 0) is 17.4 Å². The van der Waals surface area contributed by atoms with Crippen LogP contribution in [0.1, 0.15) is 83.9 Å². The molecule has 132 valence electrons. The van der Waals surface area contributed by atoms with Crippen molar-refractivity contribution in [3.05, 3.63) is 34.9 Å². The summed E-state index contributed by atoms with van der Waals surface area (Å²) in [5, 5.41) is 11.2. The van der Waals surface area contributed by atoms with Gasteiger partial charge in [-0.3, -0.25) is 0 Å². The van der Waals surface area contributed by atoms with Gasteiger partial charge in [0.05, 0.1) is 6.54 Å². The molecule has 0 bridgehead atoms.